The predicted molar refractivity (Wildman–Crippen MR) is 88.4 cm³/mol. The van der Waals surface area contributed by atoms with E-state index in [4.69, 9.17) is 11.6 Å². The van der Waals surface area contributed by atoms with Crippen molar-refractivity contribution in [2.75, 3.05) is 26.2 Å². The zero-order chi connectivity index (χ0) is 16.1. The number of nitrogens with one attached hydrogen (secondary N) is 2. The molecule has 6 heteroatoms. The third kappa shape index (κ3) is 4.85. The van der Waals surface area contributed by atoms with Gasteiger partial charge < -0.3 is 15.2 Å². The zero-order valence-corrected chi connectivity index (χ0v) is 13.9. The van der Waals surface area contributed by atoms with Gasteiger partial charge >= 0.3 is 0 Å². The summed E-state index contributed by atoms with van der Waals surface area (Å²) in [6, 6.07) is 1.40. The van der Waals surface area contributed by atoms with Gasteiger partial charge in [-0.25, -0.2) is 0 Å². The van der Waals surface area contributed by atoms with Crippen LogP contribution in [0.5, 0.6) is 0 Å². The molecule has 1 amide bonds. The average Bonchev–Trinajstić information content (AvgIpc) is 2.47. The monoisotopic (exact) mass is 325 g/mol. The second-order valence-corrected chi connectivity index (χ2v) is 6.84. The number of nitrogens with zero attached hydrogens (tertiary/aromatic N) is 1. The lowest BCUT2D eigenvalue weighted by molar-refractivity contribution is 0.0928. The molecule has 22 heavy (non-hydrogen) atoms. The van der Waals surface area contributed by atoms with Gasteiger partial charge in [0.2, 0.25) is 0 Å². The Kier molecular flexibility index (Phi) is 6.03. The van der Waals surface area contributed by atoms with Crippen LogP contribution in [0, 0.1) is 11.8 Å². The van der Waals surface area contributed by atoms with Gasteiger partial charge in [-0.2, -0.15) is 0 Å². The number of likely N-dealkylation sites (tertiary alicyclic amines) is 1. The van der Waals surface area contributed by atoms with E-state index in [-0.39, 0.29) is 16.5 Å². The fourth-order valence-corrected chi connectivity index (χ4v) is 3.10. The number of aromatic amines is 1. The molecule has 1 aromatic heterocycles. The fourth-order valence-electron chi connectivity index (χ4n) is 2.93. The number of carbonyl (C=O) groups excluding carboxylic acids is 1. The maximum absolute atomic E-state index is 12.1. The van der Waals surface area contributed by atoms with Crippen LogP contribution >= 0.6 is 11.6 Å². The SMILES string of the molecule is CC(C)CN1CCC[C@H](CNC(=O)c2c[nH]c(=O)c(Cl)c2)C1. The molecule has 1 saturated heterocycles. The number of carbonyl (C=O) groups is 1. The molecule has 0 saturated carbocycles. The number of aromatic nitrogens is 1. The molecule has 2 rings (SSSR count). The van der Waals surface area contributed by atoms with E-state index >= 15 is 0 Å². The lowest BCUT2D eigenvalue weighted by atomic mass is 9.97. The Hall–Kier alpha value is -1.33. The van der Waals surface area contributed by atoms with Gasteiger partial charge in [0.1, 0.15) is 5.02 Å². The molecule has 1 aliphatic rings. The molecule has 1 aromatic rings. The molecule has 5 nitrogen and oxygen atoms in total. The van der Waals surface area contributed by atoms with Crippen LogP contribution < -0.4 is 10.9 Å². The Balaban J connectivity index is 1.85. The minimum atomic E-state index is -0.380. The summed E-state index contributed by atoms with van der Waals surface area (Å²) in [5, 5.41) is 2.98. The molecule has 0 aliphatic carbocycles. The van der Waals surface area contributed by atoms with Crippen LogP contribution in [0.25, 0.3) is 0 Å². The molecule has 122 valence electrons. The number of amides is 1. The summed E-state index contributed by atoms with van der Waals surface area (Å²) in [5.41, 5.74) is 0.00858. The highest BCUT2D eigenvalue weighted by molar-refractivity contribution is 6.30. The summed E-state index contributed by atoms with van der Waals surface area (Å²) in [5.74, 6) is 0.949. The third-order valence-electron chi connectivity index (χ3n) is 3.90. The Bertz CT molecular complexity index is 571. The highest BCUT2D eigenvalue weighted by Crippen LogP contribution is 2.17. The Morgan fingerprint density at radius 2 is 2.32 bits per heavy atom. The lowest BCUT2D eigenvalue weighted by Crippen LogP contribution is -2.42. The molecule has 0 unspecified atom stereocenters. The summed E-state index contributed by atoms with van der Waals surface area (Å²) >= 11 is 5.74. The quantitative estimate of drug-likeness (QED) is 0.871. The summed E-state index contributed by atoms with van der Waals surface area (Å²) in [7, 11) is 0. The van der Waals surface area contributed by atoms with Crippen LogP contribution in [-0.2, 0) is 0 Å². The molecular formula is C16H24ClN3O2. The second-order valence-electron chi connectivity index (χ2n) is 6.44. The Morgan fingerprint density at radius 3 is 3.00 bits per heavy atom. The van der Waals surface area contributed by atoms with Gasteiger partial charge in [0, 0.05) is 25.8 Å². The van der Waals surface area contributed by atoms with E-state index in [1.165, 1.54) is 18.7 Å². The summed E-state index contributed by atoms with van der Waals surface area (Å²) < 4.78 is 0. The van der Waals surface area contributed by atoms with Crippen molar-refractivity contribution in [2.24, 2.45) is 11.8 Å². The normalized spacial score (nSPS) is 19.4. The Labute approximate surface area is 136 Å². The zero-order valence-electron chi connectivity index (χ0n) is 13.2. The lowest BCUT2D eigenvalue weighted by Gasteiger charge is -2.33. The number of piperidine rings is 1. The van der Waals surface area contributed by atoms with Crippen LogP contribution in [0.2, 0.25) is 5.02 Å². The van der Waals surface area contributed by atoms with E-state index in [1.54, 1.807) is 0 Å². The molecule has 0 spiro atoms. The van der Waals surface area contributed by atoms with Gasteiger partial charge in [-0.15, -0.1) is 0 Å². The molecule has 1 aliphatic heterocycles. The van der Waals surface area contributed by atoms with Crippen LogP contribution in [0.4, 0.5) is 0 Å². The molecule has 0 aromatic carbocycles. The van der Waals surface area contributed by atoms with Gasteiger partial charge in [0.25, 0.3) is 11.5 Å². The number of halogens is 1. The van der Waals surface area contributed by atoms with Crippen molar-refractivity contribution in [3.05, 3.63) is 33.2 Å². The second kappa shape index (κ2) is 7.79. The number of rotatable bonds is 5. The van der Waals surface area contributed by atoms with Crippen LogP contribution in [-0.4, -0.2) is 42.0 Å². The third-order valence-corrected chi connectivity index (χ3v) is 4.18. The van der Waals surface area contributed by atoms with E-state index in [1.807, 2.05) is 0 Å². The molecule has 2 heterocycles. The van der Waals surface area contributed by atoms with Crippen LogP contribution in [0.3, 0.4) is 0 Å². The minimum absolute atomic E-state index is 0.0356. The van der Waals surface area contributed by atoms with Crippen LogP contribution in [0.15, 0.2) is 17.1 Å². The van der Waals surface area contributed by atoms with Gasteiger partial charge in [0.15, 0.2) is 0 Å². The van der Waals surface area contributed by atoms with Crippen molar-refractivity contribution in [1.82, 2.24) is 15.2 Å². The first-order chi connectivity index (χ1) is 10.5. The molecule has 1 fully saturated rings. The maximum Gasteiger partial charge on any atom is 0.266 e. The van der Waals surface area contributed by atoms with E-state index in [2.05, 4.69) is 29.0 Å². The molecule has 1 atom stereocenters. The number of H-pyrrole nitrogens is 1. The first kappa shape index (κ1) is 17.0. The largest absolute Gasteiger partial charge is 0.352 e. The average molecular weight is 326 g/mol. The number of hydrogen-bond acceptors (Lipinski definition) is 3. The molecular weight excluding hydrogens is 302 g/mol. The molecule has 0 bridgehead atoms. The highest BCUT2D eigenvalue weighted by atomic mass is 35.5. The van der Waals surface area contributed by atoms with Crippen molar-refractivity contribution in [2.45, 2.75) is 26.7 Å². The van der Waals surface area contributed by atoms with Gasteiger partial charge in [0.05, 0.1) is 5.56 Å². The standard InChI is InChI=1S/C16H24ClN3O2/c1-11(2)9-20-5-3-4-12(10-20)7-18-15(21)13-6-14(17)16(22)19-8-13/h6,8,11-12H,3-5,7,9-10H2,1-2H3,(H,18,21)(H,19,22)/t12-/m1/s1. The van der Waals surface area contributed by atoms with Crippen molar-refractivity contribution in [1.29, 1.82) is 0 Å². The van der Waals surface area contributed by atoms with E-state index in [0.29, 0.717) is 23.9 Å². The maximum atomic E-state index is 12.1. The first-order valence-corrected chi connectivity index (χ1v) is 8.22. The summed E-state index contributed by atoms with van der Waals surface area (Å²) in [4.78, 5) is 28.2. The summed E-state index contributed by atoms with van der Waals surface area (Å²) in [6.07, 6.45) is 3.72. The predicted octanol–water partition coefficient (Wildman–Crippen LogP) is 2.13. The highest BCUT2D eigenvalue weighted by Gasteiger charge is 2.21. The van der Waals surface area contributed by atoms with Gasteiger partial charge in [-0.3, -0.25) is 9.59 Å². The van der Waals surface area contributed by atoms with Crippen LogP contribution in [0.1, 0.15) is 37.0 Å². The van der Waals surface area contributed by atoms with Crippen molar-refractivity contribution in [3.8, 4) is 0 Å². The van der Waals surface area contributed by atoms with Crippen molar-refractivity contribution in [3.63, 3.8) is 0 Å². The molecule has 2 N–H and O–H groups in total. The fraction of sp³-hybridized carbons (Fsp3) is 0.625. The number of pyridine rings is 1. The minimum Gasteiger partial charge on any atom is -0.352 e. The summed E-state index contributed by atoms with van der Waals surface area (Å²) in [6.45, 7) is 8.41. The topological polar surface area (TPSA) is 65.2 Å². The van der Waals surface area contributed by atoms with Gasteiger partial charge in [-0.1, -0.05) is 25.4 Å². The smallest absolute Gasteiger partial charge is 0.266 e. The van der Waals surface area contributed by atoms with Crippen molar-refractivity contribution < 1.29 is 4.79 Å². The van der Waals surface area contributed by atoms with E-state index < -0.39 is 0 Å². The molecule has 0 radical (unpaired) electrons. The number of hydrogen-bond donors (Lipinski definition) is 2. The van der Waals surface area contributed by atoms with E-state index in [0.717, 1.165) is 26.1 Å². The first-order valence-electron chi connectivity index (χ1n) is 7.84. The van der Waals surface area contributed by atoms with Gasteiger partial charge in [-0.05, 0) is 37.3 Å². The Morgan fingerprint density at radius 1 is 1.55 bits per heavy atom. The van der Waals surface area contributed by atoms with Crippen molar-refractivity contribution >= 4 is 17.5 Å². The van der Waals surface area contributed by atoms with E-state index in [9.17, 15) is 9.59 Å².